The maximum Gasteiger partial charge on any atom is 0.130 e. The molecule has 0 saturated heterocycles. The summed E-state index contributed by atoms with van der Waals surface area (Å²) < 4.78 is 5.90. The Hall–Kier alpha value is -2.00. The first-order valence-electron chi connectivity index (χ1n) is 5.92. The molecular formula is C15H18N2O. The van der Waals surface area contributed by atoms with Crippen LogP contribution >= 0.6 is 0 Å². The minimum absolute atomic E-state index is 0.808. The van der Waals surface area contributed by atoms with Gasteiger partial charge in [0.25, 0.3) is 0 Å². The zero-order valence-corrected chi connectivity index (χ0v) is 10.9. The Balaban J connectivity index is 2.27. The Kier molecular flexibility index (Phi) is 3.53. The van der Waals surface area contributed by atoms with Crippen LogP contribution in [0.1, 0.15) is 16.7 Å². The molecule has 0 aromatic heterocycles. The molecule has 0 aliphatic rings. The van der Waals surface area contributed by atoms with E-state index in [1.165, 1.54) is 16.7 Å². The van der Waals surface area contributed by atoms with Crippen molar-refractivity contribution in [1.82, 2.24) is 0 Å². The molecule has 0 radical (unpaired) electrons. The number of aryl methyl sites for hydroxylation is 2. The number of hydrogen-bond acceptors (Lipinski definition) is 3. The van der Waals surface area contributed by atoms with Gasteiger partial charge in [-0.2, -0.15) is 0 Å². The molecule has 2 aromatic carbocycles. The first kappa shape index (κ1) is 12.5. The van der Waals surface area contributed by atoms with E-state index in [-0.39, 0.29) is 0 Å². The molecule has 3 heteroatoms. The zero-order chi connectivity index (χ0) is 13.1. The molecule has 0 aliphatic carbocycles. The molecule has 0 saturated carbocycles. The molecule has 18 heavy (non-hydrogen) atoms. The van der Waals surface area contributed by atoms with Gasteiger partial charge in [0.15, 0.2) is 0 Å². The number of benzene rings is 2. The number of nitrogens with one attached hydrogen (secondary N) is 1. The van der Waals surface area contributed by atoms with E-state index in [2.05, 4.69) is 38.3 Å². The summed E-state index contributed by atoms with van der Waals surface area (Å²) in [5.41, 5.74) is 7.06. The van der Waals surface area contributed by atoms with Crippen LogP contribution in [0.2, 0.25) is 0 Å². The van der Waals surface area contributed by atoms with Gasteiger partial charge in [0.1, 0.15) is 11.5 Å². The van der Waals surface area contributed by atoms with E-state index < -0.39 is 0 Å². The van der Waals surface area contributed by atoms with Crippen molar-refractivity contribution in [3.05, 3.63) is 53.1 Å². The van der Waals surface area contributed by atoms with Crippen molar-refractivity contribution >= 4 is 5.69 Å². The van der Waals surface area contributed by atoms with Gasteiger partial charge < -0.3 is 10.2 Å². The average molecular weight is 242 g/mol. The summed E-state index contributed by atoms with van der Waals surface area (Å²) in [5.74, 6) is 7.04. The zero-order valence-electron chi connectivity index (χ0n) is 10.9. The first-order chi connectivity index (χ1) is 8.60. The molecular weight excluding hydrogens is 224 g/mol. The standard InChI is InChI=1S/C15H18N2O/c1-10-8-11(2)12(3)15(9-10)18-14-6-4-13(17-16)5-7-14/h4-9,17H,16H2,1-3H3. The molecule has 0 heterocycles. The third-order valence-electron chi connectivity index (χ3n) is 3.01. The fourth-order valence-electron chi connectivity index (χ4n) is 1.85. The van der Waals surface area contributed by atoms with Gasteiger partial charge in [-0.15, -0.1) is 0 Å². The van der Waals surface area contributed by atoms with Gasteiger partial charge in [-0.05, 0) is 67.8 Å². The van der Waals surface area contributed by atoms with Crippen molar-refractivity contribution in [3.8, 4) is 11.5 Å². The number of nitrogens with two attached hydrogens (primary N) is 1. The predicted molar refractivity (Wildman–Crippen MR) is 75.0 cm³/mol. The summed E-state index contributed by atoms with van der Waals surface area (Å²) in [6, 6.07) is 11.8. The fraction of sp³-hybridized carbons (Fsp3) is 0.200. The second-order valence-corrected chi connectivity index (χ2v) is 4.48. The maximum atomic E-state index is 5.90. The number of hydrazine groups is 1. The number of hydrogen-bond donors (Lipinski definition) is 2. The summed E-state index contributed by atoms with van der Waals surface area (Å²) in [6.45, 7) is 6.23. The quantitative estimate of drug-likeness (QED) is 0.637. The number of rotatable bonds is 3. The lowest BCUT2D eigenvalue weighted by molar-refractivity contribution is 0.478. The van der Waals surface area contributed by atoms with Crippen molar-refractivity contribution in [1.29, 1.82) is 0 Å². The molecule has 3 N–H and O–H groups in total. The Morgan fingerprint density at radius 3 is 2.28 bits per heavy atom. The molecule has 0 aliphatic heterocycles. The van der Waals surface area contributed by atoms with Crippen molar-refractivity contribution in [2.75, 3.05) is 5.43 Å². The van der Waals surface area contributed by atoms with E-state index in [0.29, 0.717) is 0 Å². The lowest BCUT2D eigenvalue weighted by Crippen LogP contribution is -2.05. The second kappa shape index (κ2) is 5.10. The van der Waals surface area contributed by atoms with E-state index in [1.54, 1.807) is 0 Å². The average Bonchev–Trinajstić information content (AvgIpc) is 2.36. The van der Waals surface area contributed by atoms with E-state index in [4.69, 9.17) is 10.6 Å². The van der Waals surface area contributed by atoms with Gasteiger partial charge in [0.05, 0.1) is 0 Å². The minimum Gasteiger partial charge on any atom is -0.457 e. The lowest BCUT2D eigenvalue weighted by Gasteiger charge is -2.12. The van der Waals surface area contributed by atoms with Gasteiger partial charge in [0.2, 0.25) is 0 Å². The van der Waals surface area contributed by atoms with Crippen LogP contribution in [-0.4, -0.2) is 0 Å². The molecule has 3 nitrogen and oxygen atoms in total. The molecule has 0 fully saturated rings. The SMILES string of the molecule is Cc1cc(C)c(C)c(Oc2ccc(NN)cc2)c1. The van der Waals surface area contributed by atoms with Crippen LogP contribution in [0, 0.1) is 20.8 Å². The normalized spacial score (nSPS) is 10.2. The Bertz CT molecular complexity index is 547. The van der Waals surface area contributed by atoms with Crippen LogP contribution < -0.4 is 16.0 Å². The maximum absolute atomic E-state index is 5.90. The second-order valence-electron chi connectivity index (χ2n) is 4.48. The molecule has 2 aromatic rings. The molecule has 94 valence electrons. The summed E-state index contributed by atoms with van der Waals surface area (Å²) in [6.07, 6.45) is 0. The molecule has 0 spiro atoms. The Labute approximate surface area is 108 Å². The van der Waals surface area contributed by atoms with Crippen LogP contribution in [0.5, 0.6) is 11.5 Å². The van der Waals surface area contributed by atoms with Crippen molar-refractivity contribution in [2.24, 2.45) is 5.84 Å². The Morgan fingerprint density at radius 2 is 1.67 bits per heavy atom. The van der Waals surface area contributed by atoms with E-state index >= 15 is 0 Å². The largest absolute Gasteiger partial charge is 0.457 e. The number of anilines is 1. The van der Waals surface area contributed by atoms with Crippen molar-refractivity contribution in [2.45, 2.75) is 20.8 Å². The summed E-state index contributed by atoms with van der Waals surface area (Å²) in [7, 11) is 0. The number of ether oxygens (including phenoxy) is 1. The van der Waals surface area contributed by atoms with Crippen LogP contribution in [0.25, 0.3) is 0 Å². The van der Waals surface area contributed by atoms with Crippen LogP contribution in [0.3, 0.4) is 0 Å². The topological polar surface area (TPSA) is 47.3 Å². The smallest absolute Gasteiger partial charge is 0.130 e. The molecule has 0 unspecified atom stereocenters. The predicted octanol–water partition coefficient (Wildman–Crippen LogP) is 3.69. The van der Waals surface area contributed by atoms with Crippen molar-refractivity contribution in [3.63, 3.8) is 0 Å². The van der Waals surface area contributed by atoms with Gasteiger partial charge in [0, 0.05) is 5.69 Å². The highest BCUT2D eigenvalue weighted by Gasteiger charge is 2.05. The molecule has 0 amide bonds. The molecule has 0 bridgehead atoms. The van der Waals surface area contributed by atoms with Gasteiger partial charge in [-0.3, -0.25) is 5.84 Å². The monoisotopic (exact) mass is 242 g/mol. The lowest BCUT2D eigenvalue weighted by atomic mass is 10.1. The van der Waals surface area contributed by atoms with E-state index in [1.807, 2.05) is 24.3 Å². The third-order valence-corrected chi connectivity index (χ3v) is 3.01. The van der Waals surface area contributed by atoms with Crippen LogP contribution in [0.4, 0.5) is 5.69 Å². The summed E-state index contributed by atoms with van der Waals surface area (Å²) in [4.78, 5) is 0. The highest BCUT2D eigenvalue weighted by Crippen LogP contribution is 2.28. The summed E-state index contributed by atoms with van der Waals surface area (Å²) in [5, 5.41) is 0. The first-order valence-corrected chi connectivity index (χ1v) is 5.92. The van der Waals surface area contributed by atoms with Gasteiger partial charge >= 0.3 is 0 Å². The molecule has 0 atom stereocenters. The minimum atomic E-state index is 0.808. The molecule has 2 rings (SSSR count). The van der Waals surface area contributed by atoms with E-state index in [0.717, 1.165) is 17.2 Å². The fourth-order valence-corrected chi connectivity index (χ4v) is 1.85. The Morgan fingerprint density at radius 1 is 1.00 bits per heavy atom. The summed E-state index contributed by atoms with van der Waals surface area (Å²) >= 11 is 0. The van der Waals surface area contributed by atoms with Gasteiger partial charge in [-0.25, -0.2) is 0 Å². The van der Waals surface area contributed by atoms with Crippen LogP contribution in [0.15, 0.2) is 36.4 Å². The highest BCUT2D eigenvalue weighted by molar-refractivity contribution is 5.48. The van der Waals surface area contributed by atoms with E-state index in [9.17, 15) is 0 Å². The number of nitrogen functional groups attached to an aromatic ring is 1. The van der Waals surface area contributed by atoms with Crippen molar-refractivity contribution < 1.29 is 4.74 Å². The van der Waals surface area contributed by atoms with Gasteiger partial charge in [-0.1, -0.05) is 6.07 Å². The highest BCUT2D eigenvalue weighted by atomic mass is 16.5. The third kappa shape index (κ3) is 2.63. The van der Waals surface area contributed by atoms with Crippen LogP contribution in [-0.2, 0) is 0 Å².